The van der Waals surface area contributed by atoms with Crippen molar-refractivity contribution in [3.8, 4) is 0 Å². The van der Waals surface area contributed by atoms with E-state index in [0.29, 0.717) is 61.8 Å². The van der Waals surface area contributed by atoms with E-state index in [0.717, 1.165) is 56.3 Å². The van der Waals surface area contributed by atoms with Gasteiger partial charge in [0.05, 0.1) is 12.5 Å². The average molecular weight is 646 g/mol. The largest absolute Gasteiger partial charge is 0.444 e. The van der Waals surface area contributed by atoms with Gasteiger partial charge in [0.15, 0.2) is 0 Å². The molecule has 1 unspecified atom stereocenters. The zero-order chi connectivity index (χ0) is 34.1. The highest BCUT2D eigenvalue weighted by atomic mass is 16.6. The van der Waals surface area contributed by atoms with E-state index in [1.165, 1.54) is 0 Å². The van der Waals surface area contributed by atoms with Crippen molar-refractivity contribution in [2.45, 2.75) is 96.7 Å². The quantitative estimate of drug-likeness (QED) is 0.211. The van der Waals surface area contributed by atoms with Gasteiger partial charge in [0.1, 0.15) is 5.60 Å². The van der Waals surface area contributed by atoms with E-state index in [1.807, 2.05) is 62.9 Å². The Morgan fingerprint density at radius 1 is 1.06 bits per heavy atom. The van der Waals surface area contributed by atoms with Gasteiger partial charge in [0.25, 0.3) is 5.91 Å². The molecule has 1 aromatic carbocycles. The van der Waals surface area contributed by atoms with Crippen LogP contribution in [0, 0.1) is 5.92 Å². The van der Waals surface area contributed by atoms with Crippen LogP contribution in [0.5, 0.6) is 0 Å². The van der Waals surface area contributed by atoms with Crippen molar-refractivity contribution >= 4 is 17.9 Å². The highest BCUT2D eigenvalue weighted by Gasteiger charge is 2.36. The van der Waals surface area contributed by atoms with Gasteiger partial charge in [-0.2, -0.15) is 0 Å². The summed E-state index contributed by atoms with van der Waals surface area (Å²) in [6.45, 7) is 18.6. The molecule has 3 amide bonds. The number of rotatable bonds is 13. The Balaban J connectivity index is 1.47. The number of nitrogens with zero attached hydrogens (tertiary/aromatic N) is 3. The third-order valence-electron chi connectivity index (χ3n) is 9.11. The summed E-state index contributed by atoms with van der Waals surface area (Å²) >= 11 is 0. The molecule has 256 valence electrons. The van der Waals surface area contributed by atoms with E-state index in [1.54, 1.807) is 17.1 Å². The van der Waals surface area contributed by atoms with E-state index in [4.69, 9.17) is 10.5 Å². The topological polar surface area (TPSA) is 108 Å². The number of carbonyl (C=O) groups excluding carboxylic acids is 3. The summed E-state index contributed by atoms with van der Waals surface area (Å²) in [5, 5.41) is 3.13. The number of amides is 3. The predicted octanol–water partition coefficient (Wildman–Crippen LogP) is 5.70. The van der Waals surface area contributed by atoms with Crippen LogP contribution in [-0.2, 0) is 20.7 Å². The SMILES string of the molecule is C=C(CN(CC1CC1)C(=C)CC1CN(C(=O)OC(C)(C)C)CCN1C(=O)Cc1ccccc1)/C(N)=C\C(=C/C)C(=O)NC1CCCC1. The van der Waals surface area contributed by atoms with Crippen LogP contribution in [0.3, 0.4) is 0 Å². The van der Waals surface area contributed by atoms with Crippen molar-refractivity contribution in [1.29, 1.82) is 0 Å². The number of piperazine rings is 1. The van der Waals surface area contributed by atoms with Gasteiger partial charge in [0.2, 0.25) is 5.91 Å². The molecule has 4 rings (SSSR count). The Labute approximate surface area is 281 Å². The van der Waals surface area contributed by atoms with E-state index >= 15 is 0 Å². The highest BCUT2D eigenvalue weighted by Crippen LogP contribution is 2.32. The van der Waals surface area contributed by atoms with Gasteiger partial charge in [0, 0.05) is 62.2 Å². The number of carbonyl (C=O) groups is 3. The Bertz CT molecular complexity index is 1350. The second-order valence-electron chi connectivity index (χ2n) is 14.3. The number of hydrogen-bond acceptors (Lipinski definition) is 6. The number of hydrogen-bond donors (Lipinski definition) is 2. The van der Waals surface area contributed by atoms with Crippen LogP contribution < -0.4 is 11.1 Å². The molecule has 47 heavy (non-hydrogen) atoms. The standard InChI is InChI=1S/C38H55N5O4/c1-7-31(36(45)40-32-15-11-12-16-32)23-34(39)27(2)24-42(25-30-17-18-30)28(3)21-33-26-41(37(46)47-38(4,5)6)19-20-43(33)35(44)22-29-13-9-8-10-14-29/h7-10,13-14,23,30,32-33H,2-3,11-12,15-22,24-26,39H2,1,4-6H3,(H,40,45)/b31-7+,34-23+. The molecule has 1 aliphatic heterocycles. The lowest BCUT2D eigenvalue weighted by Gasteiger charge is -2.43. The summed E-state index contributed by atoms with van der Waals surface area (Å²) in [6, 6.07) is 9.69. The van der Waals surface area contributed by atoms with E-state index < -0.39 is 5.60 Å². The maximum atomic E-state index is 13.7. The fraction of sp³-hybridized carbons (Fsp3) is 0.553. The fourth-order valence-electron chi connectivity index (χ4n) is 6.25. The summed E-state index contributed by atoms with van der Waals surface area (Å²) in [7, 11) is 0. The van der Waals surface area contributed by atoms with Gasteiger partial charge in [-0.05, 0) is 76.5 Å². The number of ether oxygens (including phenoxy) is 1. The average Bonchev–Trinajstić information content (AvgIpc) is 3.70. The van der Waals surface area contributed by atoms with Crippen LogP contribution in [0.4, 0.5) is 4.79 Å². The zero-order valence-electron chi connectivity index (χ0n) is 28.9. The van der Waals surface area contributed by atoms with Gasteiger partial charge in [-0.15, -0.1) is 0 Å². The third kappa shape index (κ3) is 11.0. The maximum absolute atomic E-state index is 13.7. The Kier molecular flexibility index (Phi) is 12.4. The van der Waals surface area contributed by atoms with Crippen LogP contribution in [0.25, 0.3) is 0 Å². The molecule has 1 saturated heterocycles. The Hall–Kier alpha value is -4.01. The van der Waals surface area contributed by atoms with Crippen LogP contribution >= 0.6 is 0 Å². The second-order valence-corrected chi connectivity index (χ2v) is 14.3. The van der Waals surface area contributed by atoms with Gasteiger partial charge >= 0.3 is 6.09 Å². The zero-order valence-corrected chi connectivity index (χ0v) is 28.9. The molecule has 3 aliphatic rings. The van der Waals surface area contributed by atoms with Crippen molar-refractivity contribution in [3.05, 3.63) is 83.7 Å². The first kappa shape index (κ1) is 35.8. The van der Waals surface area contributed by atoms with Crippen molar-refractivity contribution in [2.24, 2.45) is 11.7 Å². The van der Waals surface area contributed by atoms with Gasteiger partial charge in [-0.3, -0.25) is 9.59 Å². The van der Waals surface area contributed by atoms with Crippen LogP contribution in [0.2, 0.25) is 0 Å². The third-order valence-corrected chi connectivity index (χ3v) is 9.11. The summed E-state index contributed by atoms with van der Waals surface area (Å²) in [5.41, 5.74) is 9.43. The molecule has 9 nitrogen and oxygen atoms in total. The van der Waals surface area contributed by atoms with Crippen molar-refractivity contribution in [2.75, 3.05) is 32.7 Å². The number of nitrogens with one attached hydrogen (secondary N) is 1. The predicted molar refractivity (Wildman–Crippen MR) is 187 cm³/mol. The van der Waals surface area contributed by atoms with Crippen molar-refractivity contribution < 1.29 is 19.1 Å². The minimum atomic E-state index is -0.616. The van der Waals surface area contributed by atoms with Gasteiger partial charge in [-0.25, -0.2) is 4.79 Å². The fourth-order valence-corrected chi connectivity index (χ4v) is 6.25. The van der Waals surface area contributed by atoms with Crippen LogP contribution in [-0.4, -0.2) is 83.0 Å². The molecule has 3 N–H and O–H groups in total. The number of nitrogens with two attached hydrogens (primary N) is 1. The summed E-state index contributed by atoms with van der Waals surface area (Å²) in [6.07, 6.45) is 10.5. The smallest absolute Gasteiger partial charge is 0.410 e. The maximum Gasteiger partial charge on any atom is 0.410 e. The van der Waals surface area contributed by atoms with Gasteiger partial charge in [-0.1, -0.05) is 62.4 Å². The Morgan fingerprint density at radius 2 is 1.74 bits per heavy atom. The molecule has 3 fully saturated rings. The van der Waals surface area contributed by atoms with Crippen LogP contribution in [0.15, 0.2) is 78.2 Å². The molecule has 1 atom stereocenters. The first-order valence-electron chi connectivity index (χ1n) is 17.2. The minimum Gasteiger partial charge on any atom is -0.444 e. The van der Waals surface area contributed by atoms with E-state index in [-0.39, 0.29) is 30.0 Å². The molecule has 0 radical (unpaired) electrons. The first-order chi connectivity index (χ1) is 22.3. The molecule has 2 saturated carbocycles. The molecule has 0 spiro atoms. The lowest BCUT2D eigenvalue weighted by Crippen LogP contribution is -2.57. The first-order valence-corrected chi connectivity index (χ1v) is 17.2. The van der Waals surface area contributed by atoms with Crippen molar-refractivity contribution in [1.82, 2.24) is 20.0 Å². The lowest BCUT2D eigenvalue weighted by molar-refractivity contribution is -0.135. The summed E-state index contributed by atoms with van der Waals surface area (Å²) in [5.74, 6) is 0.480. The molecule has 0 aromatic heterocycles. The number of benzene rings is 1. The molecule has 9 heteroatoms. The highest BCUT2D eigenvalue weighted by molar-refractivity contribution is 5.96. The molecule has 2 aliphatic carbocycles. The normalized spacial score (nSPS) is 19.4. The molecule has 1 aromatic rings. The molecule has 0 bridgehead atoms. The lowest BCUT2D eigenvalue weighted by atomic mass is 10.0. The monoisotopic (exact) mass is 645 g/mol. The minimum absolute atomic E-state index is 0.0259. The number of allylic oxidation sites excluding steroid dienone is 1. The summed E-state index contributed by atoms with van der Waals surface area (Å²) < 4.78 is 5.69. The molecular formula is C38H55N5O4. The molecular weight excluding hydrogens is 590 g/mol. The van der Waals surface area contributed by atoms with Crippen LogP contribution in [0.1, 0.15) is 78.2 Å². The summed E-state index contributed by atoms with van der Waals surface area (Å²) in [4.78, 5) is 45.5. The molecule has 1 heterocycles. The van der Waals surface area contributed by atoms with E-state index in [2.05, 4.69) is 23.4 Å². The Morgan fingerprint density at radius 3 is 2.36 bits per heavy atom. The van der Waals surface area contributed by atoms with E-state index in [9.17, 15) is 14.4 Å². The van der Waals surface area contributed by atoms with Crippen molar-refractivity contribution in [3.63, 3.8) is 0 Å². The van der Waals surface area contributed by atoms with Gasteiger partial charge < -0.3 is 30.5 Å². The second kappa shape index (κ2) is 16.2.